The van der Waals surface area contributed by atoms with E-state index in [-0.39, 0.29) is 30.6 Å². The summed E-state index contributed by atoms with van der Waals surface area (Å²) in [5.41, 5.74) is 5.55. The van der Waals surface area contributed by atoms with E-state index in [1.807, 2.05) is 0 Å². The maximum absolute atomic E-state index is 13.4. The second-order valence-electron chi connectivity index (χ2n) is 4.20. The summed E-state index contributed by atoms with van der Waals surface area (Å²) in [6.45, 7) is 3.21. The molecule has 0 aromatic heterocycles. The Balaban J connectivity index is 0.00000324. The summed E-state index contributed by atoms with van der Waals surface area (Å²) >= 11 is 0. The van der Waals surface area contributed by atoms with Crippen LogP contribution in [0.2, 0.25) is 0 Å². The number of sulfonamides is 1. The molecule has 0 heterocycles. The molecule has 0 spiro atoms. The fraction of sp³-hybridized carbons (Fsp3) is 0.455. The molecule has 0 aliphatic carbocycles. The van der Waals surface area contributed by atoms with Crippen LogP contribution in [0.5, 0.6) is 0 Å². The zero-order valence-corrected chi connectivity index (χ0v) is 12.2. The summed E-state index contributed by atoms with van der Waals surface area (Å²) in [6.07, 6.45) is 0.432. The summed E-state index contributed by atoms with van der Waals surface area (Å²) in [6, 6.07) is 1.38. The number of aryl methyl sites for hydroxylation is 1. The van der Waals surface area contributed by atoms with Crippen molar-refractivity contribution in [1.82, 2.24) is 4.72 Å². The predicted octanol–water partition coefficient (Wildman–Crippen LogP) is 1.71. The van der Waals surface area contributed by atoms with Crippen molar-refractivity contribution in [3.8, 4) is 0 Å². The molecule has 1 atom stereocenters. The van der Waals surface area contributed by atoms with E-state index < -0.39 is 26.6 Å². The Morgan fingerprint density at radius 2 is 1.89 bits per heavy atom. The minimum atomic E-state index is -3.97. The molecule has 1 aromatic rings. The SMILES string of the molecule is Cc1cc(S(=O)(=O)NCCC(C)N)c(F)cc1F.Cl. The zero-order chi connectivity index (χ0) is 13.9. The van der Waals surface area contributed by atoms with E-state index in [9.17, 15) is 17.2 Å². The number of rotatable bonds is 5. The van der Waals surface area contributed by atoms with E-state index in [0.717, 1.165) is 6.07 Å². The van der Waals surface area contributed by atoms with Crippen LogP contribution < -0.4 is 10.5 Å². The third-order valence-corrected chi connectivity index (χ3v) is 3.87. The topological polar surface area (TPSA) is 72.2 Å². The molecule has 0 saturated heterocycles. The highest BCUT2D eigenvalue weighted by atomic mass is 35.5. The van der Waals surface area contributed by atoms with Gasteiger partial charge in [-0.05, 0) is 31.9 Å². The van der Waals surface area contributed by atoms with E-state index >= 15 is 0 Å². The zero-order valence-electron chi connectivity index (χ0n) is 10.6. The Hall–Kier alpha value is -0.760. The fourth-order valence-electron chi connectivity index (χ4n) is 1.34. The van der Waals surface area contributed by atoms with E-state index in [0.29, 0.717) is 12.5 Å². The molecule has 1 unspecified atom stereocenters. The summed E-state index contributed by atoms with van der Waals surface area (Å²) in [5, 5.41) is 0. The quantitative estimate of drug-likeness (QED) is 0.869. The van der Waals surface area contributed by atoms with E-state index in [1.165, 1.54) is 6.92 Å². The molecule has 4 nitrogen and oxygen atoms in total. The fourth-order valence-corrected chi connectivity index (χ4v) is 2.53. The van der Waals surface area contributed by atoms with Crippen molar-refractivity contribution in [2.75, 3.05) is 6.54 Å². The minimum absolute atomic E-state index is 0. The maximum atomic E-state index is 13.4. The maximum Gasteiger partial charge on any atom is 0.243 e. The molecular formula is C11H17ClF2N2O2S. The van der Waals surface area contributed by atoms with Gasteiger partial charge < -0.3 is 5.73 Å². The van der Waals surface area contributed by atoms with Gasteiger partial charge in [0, 0.05) is 18.7 Å². The van der Waals surface area contributed by atoms with Crippen LogP contribution in [0.4, 0.5) is 8.78 Å². The number of nitrogens with one attached hydrogen (secondary N) is 1. The summed E-state index contributed by atoms with van der Waals surface area (Å²) in [5.74, 6) is -1.88. The minimum Gasteiger partial charge on any atom is -0.328 e. The summed E-state index contributed by atoms with van der Waals surface area (Å²) < 4.78 is 52.3. The first kappa shape index (κ1) is 18.2. The highest BCUT2D eigenvalue weighted by Gasteiger charge is 2.20. The van der Waals surface area contributed by atoms with Crippen molar-refractivity contribution >= 4 is 22.4 Å². The molecule has 19 heavy (non-hydrogen) atoms. The lowest BCUT2D eigenvalue weighted by Crippen LogP contribution is -2.29. The second kappa shape index (κ2) is 7.14. The molecule has 1 aromatic carbocycles. The monoisotopic (exact) mass is 314 g/mol. The van der Waals surface area contributed by atoms with Gasteiger partial charge in [0.2, 0.25) is 10.0 Å². The lowest BCUT2D eigenvalue weighted by molar-refractivity contribution is 0.537. The molecule has 3 N–H and O–H groups in total. The third kappa shape index (κ3) is 5.02. The van der Waals surface area contributed by atoms with Gasteiger partial charge in [0.1, 0.15) is 16.5 Å². The van der Waals surface area contributed by atoms with Crippen LogP contribution in [0.15, 0.2) is 17.0 Å². The van der Waals surface area contributed by atoms with Crippen molar-refractivity contribution in [2.24, 2.45) is 5.73 Å². The first-order chi connectivity index (χ1) is 8.24. The Morgan fingerprint density at radius 1 is 1.32 bits per heavy atom. The Kier molecular flexibility index (Phi) is 6.85. The van der Waals surface area contributed by atoms with Crippen LogP contribution in [-0.4, -0.2) is 21.0 Å². The van der Waals surface area contributed by atoms with E-state index in [1.54, 1.807) is 6.92 Å². The molecule has 110 valence electrons. The molecule has 0 bridgehead atoms. The summed E-state index contributed by atoms with van der Waals surface area (Å²) in [7, 11) is -3.97. The van der Waals surface area contributed by atoms with Gasteiger partial charge >= 0.3 is 0 Å². The normalized spacial score (nSPS) is 12.9. The molecule has 0 fully saturated rings. The van der Waals surface area contributed by atoms with Gasteiger partial charge in [-0.3, -0.25) is 0 Å². The molecule has 8 heteroatoms. The number of nitrogens with two attached hydrogens (primary N) is 1. The Labute approximate surface area is 117 Å². The van der Waals surface area contributed by atoms with Gasteiger partial charge in [0.15, 0.2) is 0 Å². The molecule has 1 rings (SSSR count). The molecular weight excluding hydrogens is 298 g/mol. The second-order valence-corrected chi connectivity index (χ2v) is 5.93. The lowest BCUT2D eigenvalue weighted by Gasteiger charge is -2.10. The van der Waals surface area contributed by atoms with Crippen LogP contribution in [-0.2, 0) is 10.0 Å². The van der Waals surface area contributed by atoms with Crippen molar-refractivity contribution in [3.05, 3.63) is 29.3 Å². The molecule has 0 aliphatic heterocycles. The van der Waals surface area contributed by atoms with Gasteiger partial charge in [-0.1, -0.05) is 0 Å². The van der Waals surface area contributed by atoms with Gasteiger partial charge in [-0.2, -0.15) is 0 Å². The van der Waals surface area contributed by atoms with Gasteiger partial charge in [0.05, 0.1) is 0 Å². The first-order valence-corrected chi connectivity index (χ1v) is 6.93. The van der Waals surface area contributed by atoms with E-state index in [4.69, 9.17) is 5.73 Å². The highest BCUT2D eigenvalue weighted by Crippen LogP contribution is 2.18. The Bertz CT molecular complexity index is 536. The average molecular weight is 315 g/mol. The number of halogens is 3. The molecule has 0 aliphatic rings. The van der Waals surface area contributed by atoms with Crippen LogP contribution in [0.1, 0.15) is 18.9 Å². The van der Waals surface area contributed by atoms with Gasteiger partial charge in [-0.15, -0.1) is 12.4 Å². The lowest BCUT2D eigenvalue weighted by atomic mass is 10.2. The van der Waals surface area contributed by atoms with Crippen molar-refractivity contribution in [3.63, 3.8) is 0 Å². The Morgan fingerprint density at radius 3 is 2.42 bits per heavy atom. The molecule has 0 amide bonds. The largest absolute Gasteiger partial charge is 0.328 e. The number of hydrogen-bond donors (Lipinski definition) is 2. The highest BCUT2D eigenvalue weighted by molar-refractivity contribution is 7.89. The number of hydrogen-bond acceptors (Lipinski definition) is 3. The number of benzene rings is 1. The molecule has 0 radical (unpaired) electrons. The van der Waals surface area contributed by atoms with Crippen molar-refractivity contribution < 1.29 is 17.2 Å². The van der Waals surface area contributed by atoms with Crippen LogP contribution >= 0.6 is 12.4 Å². The van der Waals surface area contributed by atoms with Crippen LogP contribution in [0, 0.1) is 18.6 Å². The van der Waals surface area contributed by atoms with Gasteiger partial charge in [0.25, 0.3) is 0 Å². The van der Waals surface area contributed by atoms with Crippen LogP contribution in [0.3, 0.4) is 0 Å². The molecule has 0 saturated carbocycles. The average Bonchev–Trinajstić information content (AvgIpc) is 2.22. The van der Waals surface area contributed by atoms with Crippen molar-refractivity contribution in [1.29, 1.82) is 0 Å². The first-order valence-electron chi connectivity index (χ1n) is 5.45. The predicted molar refractivity (Wildman–Crippen MR) is 71.8 cm³/mol. The van der Waals surface area contributed by atoms with Crippen LogP contribution in [0.25, 0.3) is 0 Å². The van der Waals surface area contributed by atoms with Gasteiger partial charge in [-0.25, -0.2) is 21.9 Å². The third-order valence-electron chi connectivity index (χ3n) is 2.39. The standard InChI is InChI=1S/C11H16F2N2O2S.ClH/c1-7-5-11(10(13)6-9(7)12)18(16,17)15-4-3-8(2)14;/h5-6,8,15H,3-4,14H2,1-2H3;1H. The van der Waals surface area contributed by atoms with E-state index in [2.05, 4.69) is 4.72 Å². The smallest absolute Gasteiger partial charge is 0.243 e. The van der Waals surface area contributed by atoms with Crippen molar-refractivity contribution in [2.45, 2.75) is 31.2 Å². The summed E-state index contributed by atoms with van der Waals surface area (Å²) in [4.78, 5) is -0.550.